The first-order chi connectivity index (χ1) is 11.1. The molecular weight excluding hydrogens is 292 g/mol. The minimum atomic E-state index is 0.184. The largest absolute Gasteiger partial charge is 0.368 e. The van der Waals surface area contributed by atoms with Gasteiger partial charge in [0, 0.05) is 30.8 Å². The minimum absolute atomic E-state index is 0.184. The van der Waals surface area contributed by atoms with E-state index in [2.05, 4.69) is 32.6 Å². The highest BCUT2D eigenvalue weighted by Gasteiger charge is 2.24. The summed E-state index contributed by atoms with van der Waals surface area (Å²) in [4.78, 5) is 20.6. The lowest BCUT2D eigenvalue weighted by atomic mass is 9.82. The molecule has 2 heterocycles. The van der Waals surface area contributed by atoms with Gasteiger partial charge in [0.2, 0.25) is 5.91 Å². The molecule has 1 aliphatic rings. The van der Waals surface area contributed by atoms with E-state index in [-0.39, 0.29) is 11.8 Å². The first-order valence-electron chi connectivity index (χ1n) is 8.32. The van der Waals surface area contributed by atoms with Crippen LogP contribution in [0.4, 0.5) is 5.82 Å². The summed E-state index contributed by atoms with van der Waals surface area (Å²) in [6.45, 7) is 5.40. The number of nitrogens with zero attached hydrogens (tertiary/aromatic N) is 4. The van der Waals surface area contributed by atoms with Gasteiger partial charge in [0.1, 0.15) is 12.1 Å². The molecule has 0 spiro atoms. The highest BCUT2D eigenvalue weighted by molar-refractivity contribution is 5.78. The van der Waals surface area contributed by atoms with Crippen LogP contribution in [0.15, 0.2) is 12.4 Å². The summed E-state index contributed by atoms with van der Waals surface area (Å²) in [6, 6.07) is 1.92. The molecule has 2 aromatic rings. The van der Waals surface area contributed by atoms with Crippen molar-refractivity contribution in [1.82, 2.24) is 24.9 Å². The number of carbonyl (C=O) groups excluding carboxylic acids is 1. The van der Waals surface area contributed by atoms with Crippen molar-refractivity contribution in [3.8, 4) is 0 Å². The Hall–Kier alpha value is -2.18. The number of hydrogen-bond donors (Lipinski definition) is 2. The maximum atomic E-state index is 12.2. The standard InChI is InChI=1S/C16H24N6O/c1-11-4-3-5-13(8-11)15(23)18-7-6-17-14-9-12(2)21-16-19-10-20-22(14)16/h9-11,13,17H,3-8H2,1-2H3,(H,18,23)/t11-,13-/m1/s1. The Kier molecular flexibility index (Phi) is 4.73. The zero-order valence-corrected chi connectivity index (χ0v) is 13.7. The number of amides is 1. The predicted octanol–water partition coefficient (Wildman–Crippen LogP) is 1.79. The van der Waals surface area contributed by atoms with E-state index in [1.54, 1.807) is 4.52 Å². The van der Waals surface area contributed by atoms with Crippen LogP contribution in [0.2, 0.25) is 0 Å². The van der Waals surface area contributed by atoms with Gasteiger partial charge in [-0.25, -0.2) is 4.98 Å². The minimum Gasteiger partial charge on any atom is -0.368 e. The zero-order valence-electron chi connectivity index (χ0n) is 13.7. The number of aromatic nitrogens is 4. The number of carbonyl (C=O) groups is 1. The van der Waals surface area contributed by atoms with Gasteiger partial charge in [-0.05, 0) is 25.7 Å². The SMILES string of the molecule is Cc1cc(NCCNC(=O)[C@@H]2CCC[C@@H](C)C2)n2ncnc2n1. The molecule has 1 aliphatic carbocycles. The fraction of sp³-hybridized carbons (Fsp3) is 0.625. The Balaban J connectivity index is 1.49. The van der Waals surface area contributed by atoms with E-state index < -0.39 is 0 Å². The fourth-order valence-corrected chi connectivity index (χ4v) is 3.25. The summed E-state index contributed by atoms with van der Waals surface area (Å²) in [5.74, 6) is 2.45. The van der Waals surface area contributed by atoms with Crippen LogP contribution in [0.5, 0.6) is 0 Å². The topological polar surface area (TPSA) is 84.2 Å². The van der Waals surface area contributed by atoms with Crippen molar-refractivity contribution in [2.75, 3.05) is 18.4 Å². The monoisotopic (exact) mass is 316 g/mol. The maximum absolute atomic E-state index is 12.2. The summed E-state index contributed by atoms with van der Waals surface area (Å²) in [6.07, 6.45) is 5.94. The quantitative estimate of drug-likeness (QED) is 0.822. The average Bonchev–Trinajstić information content (AvgIpc) is 2.99. The smallest absolute Gasteiger partial charge is 0.254 e. The van der Waals surface area contributed by atoms with Crippen molar-refractivity contribution < 1.29 is 4.79 Å². The molecule has 0 aliphatic heterocycles. The van der Waals surface area contributed by atoms with Gasteiger partial charge in [0.25, 0.3) is 5.78 Å². The third kappa shape index (κ3) is 3.78. The molecule has 0 saturated heterocycles. The molecule has 23 heavy (non-hydrogen) atoms. The molecule has 3 rings (SSSR count). The number of aryl methyl sites for hydroxylation is 1. The van der Waals surface area contributed by atoms with Crippen LogP contribution in [-0.4, -0.2) is 38.6 Å². The molecule has 2 atom stereocenters. The van der Waals surface area contributed by atoms with E-state index >= 15 is 0 Å². The number of anilines is 1. The van der Waals surface area contributed by atoms with E-state index in [4.69, 9.17) is 0 Å². The maximum Gasteiger partial charge on any atom is 0.254 e. The van der Waals surface area contributed by atoms with Crippen molar-refractivity contribution in [3.05, 3.63) is 18.1 Å². The first kappa shape index (κ1) is 15.7. The van der Waals surface area contributed by atoms with Crippen molar-refractivity contribution >= 4 is 17.5 Å². The molecule has 2 N–H and O–H groups in total. The van der Waals surface area contributed by atoms with E-state index in [0.717, 1.165) is 30.8 Å². The molecule has 124 valence electrons. The third-order valence-electron chi connectivity index (χ3n) is 4.42. The normalized spacial score (nSPS) is 21.3. The number of hydrogen-bond acceptors (Lipinski definition) is 5. The second-order valence-electron chi connectivity index (χ2n) is 6.44. The number of rotatable bonds is 5. The summed E-state index contributed by atoms with van der Waals surface area (Å²) >= 11 is 0. The van der Waals surface area contributed by atoms with Crippen LogP contribution < -0.4 is 10.6 Å². The highest BCUT2D eigenvalue weighted by atomic mass is 16.1. The van der Waals surface area contributed by atoms with Gasteiger partial charge in [-0.3, -0.25) is 4.79 Å². The van der Waals surface area contributed by atoms with Crippen LogP contribution in [0.1, 0.15) is 38.3 Å². The van der Waals surface area contributed by atoms with Crippen molar-refractivity contribution in [2.45, 2.75) is 39.5 Å². The Morgan fingerprint density at radius 2 is 2.26 bits per heavy atom. The van der Waals surface area contributed by atoms with Gasteiger partial charge in [0.05, 0.1) is 0 Å². The van der Waals surface area contributed by atoms with Crippen LogP contribution in [0.3, 0.4) is 0 Å². The molecule has 1 amide bonds. The number of nitrogens with one attached hydrogen (secondary N) is 2. The molecule has 2 aromatic heterocycles. The van der Waals surface area contributed by atoms with Crippen LogP contribution in [-0.2, 0) is 4.79 Å². The van der Waals surface area contributed by atoms with Crippen molar-refractivity contribution in [3.63, 3.8) is 0 Å². The molecule has 7 heteroatoms. The average molecular weight is 316 g/mol. The zero-order chi connectivity index (χ0) is 16.2. The van der Waals surface area contributed by atoms with Gasteiger partial charge < -0.3 is 10.6 Å². The fourth-order valence-electron chi connectivity index (χ4n) is 3.25. The second-order valence-corrected chi connectivity index (χ2v) is 6.44. The lowest BCUT2D eigenvalue weighted by Crippen LogP contribution is -2.36. The molecule has 0 radical (unpaired) electrons. The number of fused-ring (bicyclic) bond motifs is 1. The summed E-state index contributed by atoms with van der Waals surface area (Å²) in [7, 11) is 0. The van der Waals surface area contributed by atoms with Crippen LogP contribution in [0, 0.1) is 18.8 Å². The van der Waals surface area contributed by atoms with Crippen LogP contribution >= 0.6 is 0 Å². The lowest BCUT2D eigenvalue weighted by molar-refractivity contribution is -0.126. The Morgan fingerprint density at radius 3 is 3.09 bits per heavy atom. The summed E-state index contributed by atoms with van der Waals surface area (Å²) in [5.41, 5.74) is 0.883. The lowest BCUT2D eigenvalue weighted by Gasteiger charge is -2.25. The second kappa shape index (κ2) is 6.93. The van der Waals surface area contributed by atoms with Gasteiger partial charge in [0.15, 0.2) is 0 Å². The third-order valence-corrected chi connectivity index (χ3v) is 4.42. The molecule has 1 fully saturated rings. The Morgan fingerprint density at radius 1 is 1.39 bits per heavy atom. The summed E-state index contributed by atoms with van der Waals surface area (Å²) < 4.78 is 1.66. The first-order valence-corrected chi connectivity index (χ1v) is 8.32. The van der Waals surface area contributed by atoms with E-state index in [1.165, 1.54) is 12.7 Å². The predicted molar refractivity (Wildman–Crippen MR) is 88.1 cm³/mol. The van der Waals surface area contributed by atoms with Gasteiger partial charge >= 0.3 is 0 Å². The van der Waals surface area contributed by atoms with Crippen molar-refractivity contribution in [1.29, 1.82) is 0 Å². The molecule has 1 saturated carbocycles. The van der Waals surface area contributed by atoms with Crippen molar-refractivity contribution in [2.24, 2.45) is 11.8 Å². The summed E-state index contributed by atoms with van der Waals surface area (Å²) in [5, 5.41) is 10.5. The molecule has 7 nitrogen and oxygen atoms in total. The van der Waals surface area contributed by atoms with Gasteiger partial charge in [-0.15, -0.1) is 0 Å². The van der Waals surface area contributed by atoms with E-state index in [1.807, 2.05) is 13.0 Å². The molecule has 0 unspecified atom stereocenters. The Bertz CT molecular complexity index is 682. The van der Waals surface area contributed by atoms with E-state index in [9.17, 15) is 4.79 Å². The molecular formula is C16H24N6O. The van der Waals surface area contributed by atoms with Gasteiger partial charge in [-0.2, -0.15) is 14.6 Å². The van der Waals surface area contributed by atoms with Gasteiger partial charge in [-0.1, -0.05) is 19.8 Å². The molecule has 0 bridgehead atoms. The van der Waals surface area contributed by atoms with E-state index in [0.29, 0.717) is 24.8 Å². The molecule has 0 aromatic carbocycles. The Labute approximate surface area is 135 Å². The van der Waals surface area contributed by atoms with Crippen LogP contribution in [0.25, 0.3) is 5.78 Å². The highest BCUT2D eigenvalue weighted by Crippen LogP contribution is 2.28.